The van der Waals surface area contributed by atoms with Crippen molar-refractivity contribution in [2.75, 3.05) is 0 Å². The Morgan fingerprint density at radius 3 is 1.38 bits per heavy atom. The molecule has 2 N–H and O–H groups in total. The maximum absolute atomic E-state index is 12.1. The highest BCUT2D eigenvalue weighted by atomic mass is 16.6. The van der Waals surface area contributed by atoms with Crippen LogP contribution in [0.5, 0.6) is 0 Å². The van der Waals surface area contributed by atoms with Gasteiger partial charge in [-0.3, -0.25) is 0 Å². The zero-order chi connectivity index (χ0) is 21.0. The second-order valence-electron chi connectivity index (χ2n) is 6.26. The van der Waals surface area contributed by atoms with Crippen LogP contribution in [0.3, 0.4) is 0 Å². The van der Waals surface area contributed by atoms with Crippen LogP contribution < -0.4 is 0 Å². The molecular formula is C19H8O10. The molecule has 0 fully saturated rings. The van der Waals surface area contributed by atoms with Crippen LogP contribution in [-0.4, -0.2) is 46.0 Å². The summed E-state index contributed by atoms with van der Waals surface area (Å²) in [7, 11) is 0. The van der Waals surface area contributed by atoms with E-state index >= 15 is 0 Å². The molecule has 0 spiro atoms. The van der Waals surface area contributed by atoms with Gasteiger partial charge in [-0.25, -0.2) is 28.8 Å². The van der Waals surface area contributed by atoms with Crippen LogP contribution in [0.1, 0.15) is 73.3 Å². The van der Waals surface area contributed by atoms with Crippen molar-refractivity contribution in [3.05, 3.63) is 68.8 Å². The van der Waals surface area contributed by atoms with Gasteiger partial charge in [-0.1, -0.05) is 0 Å². The molecular weight excluding hydrogens is 388 g/mol. The zero-order valence-electron chi connectivity index (χ0n) is 14.2. The molecule has 144 valence electrons. The highest BCUT2D eigenvalue weighted by molar-refractivity contribution is 6.17. The number of carbonyl (C=O) groups is 6. The molecule has 2 aromatic rings. The monoisotopic (exact) mass is 396 g/mol. The van der Waals surface area contributed by atoms with Gasteiger partial charge in [-0.05, 0) is 41.8 Å². The lowest BCUT2D eigenvalue weighted by molar-refractivity contribution is 0.0425. The standard InChI is InChI=1S/C19H8O10/c20-14(21)8-2-6(12-10(4-8)16(24)28-18(12)26)1-7-3-9(15(22)23)5-11-13(7)19(27)29-17(11)25/h2-5H,1H2,(H,20,21)(H,22,23). The maximum Gasteiger partial charge on any atom is 0.347 e. The van der Waals surface area contributed by atoms with Crippen LogP contribution in [-0.2, 0) is 15.9 Å². The van der Waals surface area contributed by atoms with E-state index in [1.165, 1.54) is 0 Å². The van der Waals surface area contributed by atoms with Crippen molar-refractivity contribution in [1.29, 1.82) is 0 Å². The van der Waals surface area contributed by atoms with Crippen molar-refractivity contribution in [2.45, 2.75) is 6.42 Å². The summed E-state index contributed by atoms with van der Waals surface area (Å²) in [4.78, 5) is 70.6. The number of carbonyl (C=O) groups excluding carboxylic acids is 4. The van der Waals surface area contributed by atoms with Gasteiger partial charge in [0, 0.05) is 0 Å². The Hall–Kier alpha value is -4.34. The van der Waals surface area contributed by atoms with Crippen LogP contribution in [0.15, 0.2) is 24.3 Å². The van der Waals surface area contributed by atoms with Gasteiger partial charge in [0.25, 0.3) is 0 Å². The van der Waals surface area contributed by atoms with E-state index in [-0.39, 0.29) is 50.9 Å². The van der Waals surface area contributed by atoms with Crippen LogP contribution in [0.2, 0.25) is 0 Å². The number of ether oxygens (including phenoxy) is 2. The van der Waals surface area contributed by atoms with Crippen LogP contribution >= 0.6 is 0 Å². The SMILES string of the molecule is O=C(O)c1cc(Cc2cc(C(=O)O)cc3c2C(=O)OC3=O)c2c(c1)C(=O)OC2=O. The lowest BCUT2D eigenvalue weighted by Crippen LogP contribution is -2.09. The fourth-order valence-electron chi connectivity index (χ4n) is 3.32. The Bertz CT molecular complexity index is 1110. The minimum absolute atomic E-state index is 0.0210. The van der Waals surface area contributed by atoms with Crippen molar-refractivity contribution in [1.82, 2.24) is 0 Å². The van der Waals surface area contributed by atoms with Crippen molar-refractivity contribution in [2.24, 2.45) is 0 Å². The van der Waals surface area contributed by atoms with E-state index in [0.29, 0.717) is 0 Å². The van der Waals surface area contributed by atoms with Crippen molar-refractivity contribution < 1.29 is 48.5 Å². The van der Waals surface area contributed by atoms with Gasteiger partial charge >= 0.3 is 35.8 Å². The van der Waals surface area contributed by atoms with E-state index in [1.807, 2.05) is 0 Å². The summed E-state index contributed by atoms with van der Waals surface area (Å²) in [6, 6.07) is 4.21. The third kappa shape index (κ3) is 2.74. The van der Waals surface area contributed by atoms with Gasteiger partial charge in [-0.2, -0.15) is 0 Å². The molecule has 0 bridgehead atoms. The molecule has 29 heavy (non-hydrogen) atoms. The van der Waals surface area contributed by atoms with E-state index in [4.69, 9.17) is 0 Å². The number of cyclic esters (lactones) is 4. The minimum Gasteiger partial charge on any atom is -0.478 e. The Labute approximate surface area is 160 Å². The minimum atomic E-state index is -1.37. The summed E-state index contributed by atoms with van der Waals surface area (Å²) in [5, 5.41) is 18.5. The predicted molar refractivity (Wildman–Crippen MR) is 89.1 cm³/mol. The Morgan fingerprint density at radius 2 is 1.03 bits per heavy atom. The maximum atomic E-state index is 12.1. The molecule has 2 aromatic carbocycles. The molecule has 0 saturated carbocycles. The van der Waals surface area contributed by atoms with Crippen molar-refractivity contribution in [3.8, 4) is 0 Å². The van der Waals surface area contributed by atoms with Gasteiger partial charge in [-0.15, -0.1) is 0 Å². The van der Waals surface area contributed by atoms with E-state index in [9.17, 15) is 39.0 Å². The first kappa shape index (κ1) is 18.0. The molecule has 0 atom stereocenters. The molecule has 0 aliphatic carbocycles. The van der Waals surface area contributed by atoms with E-state index in [2.05, 4.69) is 9.47 Å². The van der Waals surface area contributed by atoms with Crippen LogP contribution in [0.25, 0.3) is 0 Å². The summed E-state index contributed by atoms with van der Waals surface area (Å²) >= 11 is 0. The first-order valence-electron chi connectivity index (χ1n) is 8.00. The fourth-order valence-corrected chi connectivity index (χ4v) is 3.32. The molecule has 10 nitrogen and oxygen atoms in total. The summed E-state index contributed by atoms with van der Waals surface area (Å²) in [5.74, 6) is -6.79. The highest BCUT2D eigenvalue weighted by Gasteiger charge is 2.37. The topological polar surface area (TPSA) is 161 Å². The summed E-state index contributed by atoms with van der Waals surface area (Å²) in [6.45, 7) is 0. The summed E-state index contributed by atoms with van der Waals surface area (Å²) in [6.07, 6.45) is -0.322. The molecule has 0 radical (unpaired) electrons. The number of hydrogen-bond acceptors (Lipinski definition) is 8. The van der Waals surface area contributed by atoms with Gasteiger partial charge in [0.2, 0.25) is 0 Å². The molecule has 0 saturated heterocycles. The molecule has 10 heteroatoms. The zero-order valence-corrected chi connectivity index (χ0v) is 14.2. The normalized spacial score (nSPS) is 14.3. The van der Waals surface area contributed by atoms with Crippen LogP contribution in [0, 0.1) is 0 Å². The van der Waals surface area contributed by atoms with Crippen molar-refractivity contribution >= 4 is 35.8 Å². The smallest absolute Gasteiger partial charge is 0.347 e. The van der Waals surface area contributed by atoms with Gasteiger partial charge in [0.05, 0.1) is 33.4 Å². The second-order valence-corrected chi connectivity index (χ2v) is 6.26. The molecule has 4 rings (SSSR count). The highest BCUT2D eigenvalue weighted by Crippen LogP contribution is 2.31. The molecule has 0 aromatic heterocycles. The fraction of sp³-hybridized carbons (Fsp3) is 0.0526. The van der Waals surface area contributed by atoms with Gasteiger partial charge in [0.1, 0.15) is 0 Å². The number of fused-ring (bicyclic) bond motifs is 2. The summed E-state index contributed by atoms with van der Waals surface area (Å²) < 4.78 is 9.05. The van der Waals surface area contributed by atoms with Crippen molar-refractivity contribution in [3.63, 3.8) is 0 Å². The third-order valence-electron chi connectivity index (χ3n) is 4.53. The number of carboxylic acids is 2. The Balaban J connectivity index is 1.94. The number of esters is 4. The molecule has 0 amide bonds. The van der Waals surface area contributed by atoms with Gasteiger partial charge in [0.15, 0.2) is 0 Å². The third-order valence-corrected chi connectivity index (χ3v) is 4.53. The van der Waals surface area contributed by atoms with Crippen LogP contribution in [0.4, 0.5) is 0 Å². The number of benzene rings is 2. The van der Waals surface area contributed by atoms with Gasteiger partial charge < -0.3 is 19.7 Å². The Morgan fingerprint density at radius 1 is 0.655 bits per heavy atom. The molecule has 2 aliphatic heterocycles. The molecule has 2 aliphatic rings. The number of carboxylic acid groups (broad SMARTS) is 2. The number of aromatic carboxylic acids is 2. The molecule has 2 heterocycles. The number of hydrogen-bond donors (Lipinski definition) is 2. The predicted octanol–water partition coefficient (Wildman–Crippen LogP) is 1.30. The second kappa shape index (κ2) is 6.09. The van der Waals surface area contributed by atoms with E-state index in [0.717, 1.165) is 24.3 Å². The lowest BCUT2D eigenvalue weighted by Gasteiger charge is -2.10. The molecule has 0 unspecified atom stereocenters. The lowest BCUT2D eigenvalue weighted by atomic mass is 9.90. The number of rotatable bonds is 4. The Kier molecular flexibility index (Phi) is 3.79. The summed E-state index contributed by atoms with van der Waals surface area (Å²) in [5.41, 5.74) is -1.46. The average molecular weight is 396 g/mol. The largest absolute Gasteiger partial charge is 0.478 e. The van der Waals surface area contributed by atoms with E-state index < -0.39 is 35.8 Å². The quantitative estimate of drug-likeness (QED) is 0.569. The first-order chi connectivity index (χ1) is 13.7. The van der Waals surface area contributed by atoms with E-state index in [1.54, 1.807) is 0 Å². The average Bonchev–Trinajstić information content (AvgIpc) is 3.10. The first-order valence-corrected chi connectivity index (χ1v) is 8.00.